The Kier molecular flexibility index (Phi) is 4.02. The van der Waals surface area contributed by atoms with Gasteiger partial charge in [0.15, 0.2) is 0 Å². The molecular weight excluding hydrogens is 220 g/mol. The number of hydrogen-bond donors (Lipinski definition) is 1. The molecule has 0 spiro atoms. The van der Waals surface area contributed by atoms with Gasteiger partial charge in [0.2, 0.25) is 0 Å². The van der Waals surface area contributed by atoms with Crippen molar-refractivity contribution in [2.75, 3.05) is 6.26 Å². The van der Waals surface area contributed by atoms with Crippen molar-refractivity contribution < 1.29 is 4.52 Å². The van der Waals surface area contributed by atoms with Gasteiger partial charge in [-0.15, -0.1) is 11.8 Å². The van der Waals surface area contributed by atoms with E-state index >= 15 is 0 Å². The molecule has 0 aliphatic rings. The SMILES string of the molecule is CSc1ccc(CNCc2ccno2)cc1. The average molecular weight is 234 g/mol. The second-order valence-electron chi connectivity index (χ2n) is 3.43. The maximum Gasteiger partial charge on any atom is 0.150 e. The summed E-state index contributed by atoms with van der Waals surface area (Å²) < 4.78 is 4.99. The molecule has 0 atom stereocenters. The Bertz CT molecular complexity index is 411. The van der Waals surface area contributed by atoms with Gasteiger partial charge in [-0.1, -0.05) is 17.3 Å². The number of rotatable bonds is 5. The monoisotopic (exact) mass is 234 g/mol. The molecule has 0 aliphatic heterocycles. The third kappa shape index (κ3) is 3.12. The summed E-state index contributed by atoms with van der Waals surface area (Å²) in [6, 6.07) is 10.4. The minimum atomic E-state index is 0.713. The molecule has 1 aromatic carbocycles. The van der Waals surface area contributed by atoms with E-state index in [9.17, 15) is 0 Å². The number of aromatic nitrogens is 1. The standard InChI is InChI=1S/C12H14N2OS/c1-16-12-4-2-10(3-5-12)8-13-9-11-6-7-14-15-11/h2-7,13H,8-9H2,1H3. The van der Waals surface area contributed by atoms with Crippen LogP contribution in [0.15, 0.2) is 45.9 Å². The Labute approximate surface area is 99.2 Å². The highest BCUT2D eigenvalue weighted by Gasteiger charge is 1.97. The molecule has 0 aliphatic carbocycles. The van der Waals surface area contributed by atoms with Crippen molar-refractivity contribution in [3.8, 4) is 0 Å². The average Bonchev–Trinajstić information content (AvgIpc) is 2.83. The van der Waals surface area contributed by atoms with E-state index in [2.05, 4.69) is 41.0 Å². The summed E-state index contributed by atoms with van der Waals surface area (Å²) >= 11 is 1.76. The molecule has 4 heteroatoms. The van der Waals surface area contributed by atoms with Crippen molar-refractivity contribution in [1.29, 1.82) is 0 Å². The Hall–Kier alpha value is -1.26. The molecule has 1 heterocycles. The molecule has 1 N–H and O–H groups in total. The first kappa shape index (κ1) is 11.2. The van der Waals surface area contributed by atoms with Crippen LogP contribution in [0.5, 0.6) is 0 Å². The minimum Gasteiger partial charge on any atom is -0.360 e. The van der Waals surface area contributed by atoms with E-state index in [-0.39, 0.29) is 0 Å². The molecule has 0 unspecified atom stereocenters. The van der Waals surface area contributed by atoms with E-state index in [4.69, 9.17) is 4.52 Å². The summed E-state index contributed by atoms with van der Waals surface area (Å²) in [4.78, 5) is 1.29. The number of thioether (sulfide) groups is 1. The quantitative estimate of drug-likeness (QED) is 0.807. The first-order valence-corrected chi connectivity index (χ1v) is 6.34. The van der Waals surface area contributed by atoms with E-state index in [1.165, 1.54) is 10.5 Å². The van der Waals surface area contributed by atoms with Gasteiger partial charge in [0.25, 0.3) is 0 Å². The van der Waals surface area contributed by atoms with Crippen LogP contribution in [0.2, 0.25) is 0 Å². The van der Waals surface area contributed by atoms with Crippen molar-refractivity contribution in [3.05, 3.63) is 47.9 Å². The van der Waals surface area contributed by atoms with Gasteiger partial charge >= 0.3 is 0 Å². The second kappa shape index (κ2) is 5.72. The maximum absolute atomic E-state index is 4.99. The summed E-state index contributed by atoms with van der Waals surface area (Å²) in [5.41, 5.74) is 1.28. The van der Waals surface area contributed by atoms with Crippen molar-refractivity contribution in [2.24, 2.45) is 0 Å². The number of nitrogens with zero attached hydrogens (tertiary/aromatic N) is 1. The Balaban J connectivity index is 1.81. The zero-order valence-corrected chi connectivity index (χ0v) is 9.96. The largest absolute Gasteiger partial charge is 0.360 e. The summed E-state index contributed by atoms with van der Waals surface area (Å²) in [5.74, 6) is 0.862. The van der Waals surface area contributed by atoms with Gasteiger partial charge in [0.05, 0.1) is 12.7 Å². The van der Waals surface area contributed by atoms with Crippen molar-refractivity contribution >= 4 is 11.8 Å². The van der Waals surface area contributed by atoms with Gasteiger partial charge in [-0.05, 0) is 24.0 Å². The van der Waals surface area contributed by atoms with E-state index < -0.39 is 0 Å². The maximum atomic E-state index is 4.99. The molecule has 3 nitrogen and oxygen atoms in total. The van der Waals surface area contributed by atoms with E-state index in [0.717, 1.165) is 12.3 Å². The fraction of sp³-hybridized carbons (Fsp3) is 0.250. The molecule has 16 heavy (non-hydrogen) atoms. The molecule has 2 aromatic rings. The van der Waals surface area contributed by atoms with Crippen LogP contribution in [0, 0.1) is 0 Å². The molecule has 0 radical (unpaired) electrons. The van der Waals surface area contributed by atoms with Crippen LogP contribution in [0.3, 0.4) is 0 Å². The summed E-state index contributed by atoms with van der Waals surface area (Å²) in [6.45, 7) is 1.56. The summed E-state index contributed by atoms with van der Waals surface area (Å²) in [6.07, 6.45) is 3.74. The van der Waals surface area contributed by atoms with Crippen LogP contribution in [0.1, 0.15) is 11.3 Å². The molecule has 1 aromatic heterocycles. The van der Waals surface area contributed by atoms with Crippen molar-refractivity contribution in [1.82, 2.24) is 10.5 Å². The Morgan fingerprint density at radius 3 is 2.62 bits per heavy atom. The van der Waals surface area contributed by atoms with Gasteiger partial charge in [-0.25, -0.2) is 0 Å². The highest BCUT2D eigenvalue weighted by molar-refractivity contribution is 7.98. The lowest BCUT2D eigenvalue weighted by Crippen LogP contribution is -2.11. The van der Waals surface area contributed by atoms with Crippen LogP contribution in [-0.4, -0.2) is 11.4 Å². The second-order valence-corrected chi connectivity index (χ2v) is 4.31. The molecular formula is C12H14N2OS. The molecule has 2 rings (SSSR count). The lowest BCUT2D eigenvalue weighted by atomic mass is 10.2. The van der Waals surface area contributed by atoms with Crippen LogP contribution in [0.25, 0.3) is 0 Å². The first-order chi connectivity index (χ1) is 7.88. The zero-order chi connectivity index (χ0) is 11.2. The fourth-order valence-corrected chi connectivity index (χ4v) is 1.81. The molecule has 0 saturated heterocycles. The van der Waals surface area contributed by atoms with E-state index in [1.54, 1.807) is 18.0 Å². The number of benzene rings is 1. The predicted octanol–water partition coefficient (Wildman–Crippen LogP) is 2.69. The predicted molar refractivity (Wildman–Crippen MR) is 65.3 cm³/mol. The van der Waals surface area contributed by atoms with Crippen LogP contribution in [-0.2, 0) is 13.1 Å². The molecule has 84 valence electrons. The first-order valence-electron chi connectivity index (χ1n) is 5.11. The van der Waals surface area contributed by atoms with E-state index in [0.29, 0.717) is 6.54 Å². The molecule has 0 fully saturated rings. The van der Waals surface area contributed by atoms with Gasteiger partial charge < -0.3 is 9.84 Å². The van der Waals surface area contributed by atoms with Crippen molar-refractivity contribution in [3.63, 3.8) is 0 Å². The molecule has 0 saturated carbocycles. The minimum absolute atomic E-state index is 0.713. The van der Waals surface area contributed by atoms with E-state index in [1.807, 2.05) is 6.07 Å². The smallest absolute Gasteiger partial charge is 0.150 e. The Morgan fingerprint density at radius 1 is 1.19 bits per heavy atom. The lowest BCUT2D eigenvalue weighted by Gasteiger charge is -2.03. The van der Waals surface area contributed by atoms with Gasteiger partial charge in [0, 0.05) is 17.5 Å². The van der Waals surface area contributed by atoms with Crippen molar-refractivity contribution in [2.45, 2.75) is 18.0 Å². The van der Waals surface area contributed by atoms with Gasteiger partial charge in [-0.2, -0.15) is 0 Å². The third-order valence-electron chi connectivity index (χ3n) is 2.28. The van der Waals surface area contributed by atoms with Gasteiger partial charge in [-0.3, -0.25) is 0 Å². The fourth-order valence-electron chi connectivity index (χ4n) is 1.41. The normalized spacial score (nSPS) is 10.6. The van der Waals surface area contributed by atoms with Gasteiger partial charge in [0.1, 0.15) is 5.76 Å². The lowest BCUT2D eigenvalue weighted by molar-refractivity contribution is 0.373. The Morgan fingerprint density at radius 2 is 2.00 bits per heavy atom. The topological polar surface area (TPSA) is 38.1 Å². The molecule has 0 bridgehead atoms. The molecule has 0 amide bonds. The summed E-state index contributed by atoms with van der Waals surface area (Å²) in [5, 5.41) is 6.95. The highest BCUT2D eigenvalue weighted by Crippen LogP contribution is 2.14. The number of hydrogen-bond acceptors (Lipinski definition) is 4. The number of nitrogens with one attached hydrogen (secondary N) is 1. The summed E-state index contributed by atoms with van der Waals surface area (Å²) in [7, 11) is 0. The third-order valence-corrected chi connectivity index (χ3v) is 3.02. The van der Waals surface area contributed by atoms with Crippen LogP contribution in [0.4, 0.5) is 0 Å². The highest BCUT2D eigenvalue weighted by atomic mass is 32.2. The zero-order valence-electron chi connectivity index (χ0n) is 9.14. The van der Waals surface area contributed by atoms with Crippen LogP contribution < -0.4 is 5.32 Å². The van der Waals surface area contributed by atoms with Crippen LogP contribution >= 0.6 is 11.8 Å².